The Balaban J connectivity index is 2.66. The molecule has 0 aliphatic rings. The molecule has 0 amide bonds. The van der Waals surface area contributed by atoms with E-state index in [1.165, 1.54) is 30.4 Å². The fourth-order valence-corrected chi connectivity index (χ4v) is 2.08. The van der Waals surface area contributed by atoms with Crippen LogP contribution in [0.3, 0.4) is 0 Å². The van der Waals surface area contributed by atoms with Crippen molar-refractivity contribution in [1.29, 1.82) is 0 Å². The summed E-state index contributed by atoms with van der Waals surface area (Å²) < 4.78 is 0. The molecule has 0 bridgehead atoms. The van der Waals surface area contributed by atoms with Gasteiger partial charge in [0.2, 0.25) is 0 Å². The Kier molecular flexibility index (Phi) is 6.17. The summed E-state index contributed by atoms with van der Waals surface area (Å²) in [5.74, 6) is 0.680. The second-order valence-corrected chi connectivity index (χ2v) is 4.56. The van der Waals surface area contributed by atoms with E-state index in [2.05, 4.69) is 50.4 Å². The Morgan fingerprint density at radius 2 is 2.06 bits per heavy atom. The summed E-state index contributed by atoms with van der Waals surface area (Å²) in [6, 6.07) is 8.95. The van der Waals surface area contributed by atoms with Gasteiger partial charge in [0.1, 0.15) is 0 Å². The Morgan fingerprint density at radius 3 is 2.69 bits per heavy atom. The monoisotopic (exact) mass is 219 g/mol. The maximum atomic E-state index is 3.48. The number of unbranched alkanes of at least 4 members (excludes halogenated alkanes) is 1. The molecule has 1 aromatic carbocycles. The van der Waals surface area contributed by atoms with Crippen LogP contribution in [0.4, 0.5) is 0 Å². The van der Waals surface area contributed by atoms with Crippen LogP contribution in [0.25, 0.3) is 0 Å². The van der Waals surface area contributed by atoms with Gasteiger partial charge in [-0.3, -0.25) is 0 Å². The molecule has 0 radical (unpaired) electrons. The Bertz CT molecular complexity index is 285. The minimum atomic E-state index is 0.680. The molecule has 1 nitrogen and oxygen atoms in total. The number of rotatable bonds is 7. The van der Waals surface area contributed by atoms with Gasteiger partial charge in [-0.25, -0.2) is 0 Å². The van der Waals surface area contributed by atoms with E-state index >= 15 is 0 Å². The molecule has 0 fully saturated rings. The fourth-order valence-electron chi connectivity index (χ4n) is 2.08. The zero-order valence-electron chi connectivity index (χ0n) is 10.9. The topological polar surface area (TPSA) is 12.0 Å². The van der Waals surface area contributed by atoms with Crippen LogP contribution in [0, 0.1) is 6.92 Å². The highest BCUT2D eigenvalue weighted by Gasteiger charge is 2.10. The van der Waals surface area contributed by atoms with Gasteiger partial charge in [0.05, 0.1) is 0 Å². The van der Waals surface area contributed by atoms with Gasteiger partial charge < -0.3 is 5.32 Å². The van der Waals surface area contributed by atoms with Crippen molar-refractivity contribution in [3.8, 4) is 0 Å². The van der Waals surface area contributed by atoms with Crippen molar-refractivity contribution in [3.63, 3.8) is 0 Å². The van der Waals surface area contributed by atoms with E-state index in [0.717, 1.165) is 13.1 Å². The van der Waals surface area contributed by atoms with Crippen LogP contribution in [-0.4, -0.2) is 13.1 Å². The summed E-state index contributed by atoms with van der Waals surface area (Å²) in [5.41, 5.74) is 2.87. The molecule has 1 aromatic rings. The number of nitrogens with one attached hydrogen (secondary N) is 1. The molecule has 1 rings (SSSR count). The van der Waals surface area contributed by atoms with E-state index < -0.39 is 0 Å². The quantitative estimate of drug-likeness (QED) is 0.734. The molecular weight excluding hydrogens is 194 g/mol. The van der Waals surface area contributed by atoms with Crippen LogP contribution in [0.1, 0.15) is 50.2 Å². The third-order valence-electron chi connectivity index (χ3n) is 3.06. The standard InChI is InChI=1S/C15H25N/c1-4-6-9-15(12-16-5-2)14-10-7-8-13(3)11-14/h7-8,10-11,15-16H,4-6,9,12H2,1-3H3. The van der Waals surface area contributed by atoms with Gasteiger partial charge >= 0.3 is 0 Å². The van der Waals surface area contributed by atoms with Crippen molar-refractivity contribution in [2.75, 3.05) is 13.1 Å². The average molecular weight is 219 g/mol. The molecule has 0 saturated carbocycles. The van der Waals surface area contributed by atoms with Crippen molar-refractivity contribution in [2.45, 2.75) is 46.0 Å². The first-order valence-electron chi connectivity index (χ1n) is 6.55. The number of aryl methyl sites for hydroxylation is 1. The highest BCUT2D eigenvalue weighted by atomic mass is 14.8. The van der Waals surface area contributed by atoms with Crippen molar-refractivity contribution in [2.24, 2.45) is 0 Å². The zero-order chi connectivity index (χ0) is 11.8. The smallest absolute Gasteiger partial charge is 0.00200 e. The molecule has 0 aliphatic heterocycles. The van der Waals surface area contributed by atoms with E-state index in [-0.39, 0.29) is 0 Å². The lowest BCUT2D eigenvalue weighted by Crippen LogP contribution is -2.21. The second kappa shape index (κ2) is 7.45. The van der Waals surface area contributed by atoms with Crippen molar-refractivity contribution < 1.29 is 0 Å². The van der Waals surface area contributed by atoms with Gasteiger partial charge in [0, 0.05) is 6.54 Å². The lowest BCUT2D eigenvalue weighted by molar-refractivity contribution is 0.538. The molecule has 90 valence electrons. The zero-order valence-corrected chi connectivity index (χ0v) is 10.9. The molecular formula is C15H25N. The number of hydrogen-bond acceptors (Lipinski definition) is 1. The highest BCUT2D eigenvalue weighted by Crippen LogP contribution is 2.22. The van der Waals surface area contributed by atoms with E-state index in [0.29, 0.717) is 5.92 Å². The highest BCUT2D eigenvalue weighted by molar-refractivity contribution is 5.25. The Hall–Kier alpha value is -0.820. The maximum absolute atomic E-state index is 3.48. The SMILES string of the molecule is CCCCC(CNCC)c1cccc(C)c1. The molecule has 0 saturated heterocycles. The van der Waals surface area contributed by atoms with Gasteiger partial charge in [-0.05, 0) is 31.4 Å². The van der Waals surface area contributed by atoms with Gasteiger partial charge in [0.15, 0.2) is 0 Å². The van der Waals surface area contributed by atoms with E-state index in [9.17, 15) is 0 Å². The lowest BCUT2D eigenvalue weighted by Gasteiger charge is -2.18. The van der Waals surface area contributed by atoms with Crippen molar-refractivity contribution in [1.82, 2.24) is 5.32 Å². The van der Waals surface area contributed by atoms with Crippen LogP contribution in [-0.2, 0) is 0 Å². The molecule has 0 spiro atoms. The molecule has 1 atom stereocenters. The number of likely N-dealkylation sites (N-methyl/N-ethyl adjacent to an activating group) is 1. The predicted molar refractivity (Wildman–Crippen MR) is 72.0 cm³/mol. The number of benzene rings is 1. The minimum absolute atomic E-state index is 0.680. The first kappa shape index (κ1) is 13.2. The summed E-state index contributed by atoms with van der Waals surface area (Å²) in [6.45, 7) is 8.79. The molecule has 0 aromatic heterocycles. The van der Waals surface area contributed by atoms with Crippen LogP contribution >= 0.6 is 0 Å². The maximum Gasteiger partial charge on any atom is 0.00200 e. The molecule has 16 heavy (non-hydrogen) atoms. The first-order chi connectivity index (χ1) is 7.77. The van der Waals surface area contributed by atoms with Crippen molar-refractivity contribution >= 4 is 0 Å². The van der Waals surface area contributed by atoms with Crippen LogP contribution in [0.2, 0.25) is 0 Å². The van der Waals surface area contributed by atoms with Crippen LogP contribution in [0.5, 0.6) is 0 Å². The van der Waals surface area contributed by atoms with Gasteiger partial charge in [-0.2, -0.15) is 0 Å². The summed E-state index contributed by atoms with van der Waals surface area (Å²) in [4.78, 5) is 0. The van der Waals surface area contributed by atoms with E-state index in [1.807, 2.05) is 0 Å². The summed E-state index contributed by atoms with van der Waals surface area (Å²) >= 11 is 0. The van der Waals surface area contributed by atoms with Gasteiger partial charge in [-0.15, -0.1) is 0 Å². The summed E-state index contributed by atoms with van der Waals surface area (Å²) in [5, 5.41) is 3.48. The Morgan fingerprint density at radius 1 is 1.25 bits per heavy atom. The fraction of sp³-hybridized carbons (Fsp3) is 0.600. The molecule has 0 heterocycles. The van der Waals surface area contributed by atoms with Crippen LogP contribution < -0.4 is 5.32 Å². The Labute approximate surface area is 100 Å². The average Bonchev–Trinajstić information content (AvgIpc) is 2.29. The third kappa shape index (κ3) is 4.36. The van der Waals surface area contributed by atoms with Gasteiger partial charge in [-0.1, -0.05) is 56.5 Å². The largest absolute Gasteiger partial charge is 0.316 e. The lowest BCUT2D eigenvalue weighted by atomic mass is 9.92. The molecule has 1 heteroatoms. The minimum Gasteiger partial charge on any atom is -0.316 e. The van der Waals surface area contributed by atoms with Crippen molar-refractivity contribution in [3.05, 3.63) is 35.4 Å². The third-order valence-corrected chi connectivity index (χ3v) is 3.06. The summed E-state index contributed by atoms with van der Waals surface area (Å²) in [6.07, 6.45) is 3.91. The molecule has 1 N–H and O–H groups in total. The molecule has 0 aliphatic carbocycles. The summed E-state index contributed by atoms with van der Waals surface area (Å²) in [7, 11) is 0. The molecule has 1 unspecified atom stereocenters. The van der Waals surface area contributed by atoms with Gasteiger partial charge in [0.25, 0.3) is 0 Å². The van der Waals surface area contributed by atoms with E-state index in [4.69, 9.17) is 0 Å². The van der Waals surface area contributed by atoms with E-state index in [1.54, 1.807) is 0 Å². The number of hydrogen-bond donors (Lipinski definition) is 1. The first-order valence-corrected chi connectivity index (χ1v) is 6.55. The van der Waals surface area contributed by atoms with Crippen LogP contribution in [0.15, 0.2) is 24.3 Å². The second-order valence-electron chi connectivity index (χ2n) is 4.56. The predicted octanol–water partition coefficient (Wildman–Crippen LogP) is 3.88. The normalized spacial score (nSPS) is 12.7.